The van der Waals surface area contributed by atoms with Crippen molar-refractivity contribution in [2.45, 2.75) is 20.1 Å². The van der Waals surface area contributed by atoms with Crippen molar-refractivity contribution in [2.75, 3.05) is 26.1 Å². The third-order valence-electron chi connectivity index (χ3n) is 4.46. The number of aromatic nitrogens is 1. The number of methoxy groups -OCH3 is 1. The number of guanidine groups is 1. The van der Waals surface area contributed by atoms with Crippen molar-refractivity contribution in [3.05, 3.63) is 78.0 Å². The molecular formula is C24H28N4O3. The van der Waals surface area contributed by atoms with Gasteiger partial charge in [0.15, 0.2) is 17.5 Å². The summed E-state index contributed by atoms with van der Waals surface area (Å²) in [5.41, 5.74) is 2.87. The first-order valence-electron chi connectivity index (χ1n) is 10.1. The average Bonchev–Trinajstić information content (AvgIpc) is 2.82. The Morgan fingerprint density at radius 1 is 1.00 bits per heavy atom. The van der Waals surface area contributed by atoms with Crippen LogP contribution in [-0.2, 0) is 13.2 Å². The Kier molecular flexibility index (Phi) is 8.11. The average molecular weight is 421 g/mol. The van der Waals surface area contributed by atoms with Gasteiger partial charge in [-0.3, -0.25) is 4.99 Å². The number of hydrogen-bond acceptors (Lipinski definition) is 5. The smallest absolute Gasteiger partial charge is 0.218 e. The Labute approximate surface area is 183 Å². The van der Waals surface area contributed by atoms with Gasteiger partial charge in [-0.05, 0) is 30.7 Å². The van der Waals surface area contributed by atoms with E-state index < -0.39 is 0 Å². The van der Waals surface area contributed by atoms with Gasteiger partial charge in [-0.25, -0.2) is 4.98 Å². The van der Waals surface area contributed by atoms with Crippen LogP contribution in [0.5, 0.6) is 17.4 Å². The second-order valence-electron chi connectivity index (χ2n) is 6.59. The Morgan fingerprint density at radius 3 is 2.58 bits per heavy atom. The molecule has 0 aliphatic rings. The number of nitrogens with one attached hydrogen (secondary N) is 2. The molecule has 7 heteroatoms. The fourth-order valence-corrected chi connectivity index (χ4v) is 2.93. The van der Waals surface area contributed by atoms with Crippen molar-refractivity contribution < 1.29 is 14.2 Å². The Bertz CT molecular complexity index is 993. The minimum absolute atomic E-state index is 0.462. The topological polar surface area (TPSA) is 77.0 Å². The summed E-state index contributed by atoms with van der Waals surface area (Å²) in [7, 11) is 3.34. The van der Waals surface area contributed by atoms with E-state index in [9.17, 15) is 0 Å². The number of hydrogen-bond donors (Lipinski definition) is 2. The predicted molar refractivity (Wildman–Crippen MR) is 123 cm³/mol. The normalized spacial score (nSPS) is 11.0. The number of benzene rings is 2. The van der Waals surface area contributed by atoms with Crippen molar-refractivity contribution in [3.63, 3.8) is 0 Å². The van der Waals surface area contributed by atoms with Crippen LogP contribution in [0.4, 0.5) is 5.69 Å². The summed E-state index contributed by atoms with van der Waals surface area (Å²) < 4.78 is 16.9. The Hall–Kier alpha value is -3.74. The molecule has 162 valence electrons. The summed E-state index contributed by atoms with van der Waals surface area (Å²) >= 11 is 0. The van der Waals surface area contributed by atoms with Gasteiger partial charge in [0.05, 0.1) is 13.7 Å². The number of anilines is 1. The molecule has 0 atom stereocenters. The zero-order chi connectivity index (χ0) is 21.9. The molecule has 0 bridgehead atoms. The monoisotopic (exact) mass is 420 g/mol. The van der Waals surface area contributed by atoms with E-state index in [0.717, 1.165) is 16.8 Å². The molecule has 7 nitrogen and oxygen atoms in total. The molecule has 3 rings (SSSR count). The van der Waals surface area contributed by atoms with Crippen LogP contribution in [0.15, 0.2) is 71.9 Å². The largest absolute Gasteiger partial charge is 0.493 e. The lowest BCUT2D eigenvalue weighted by Crippen LogP contribution is -2.30. The molecule has 0 radical (unpaired) electrons. The highest BCUT2D eigenvalue weighted by molar-refractivity contribution is 5.93. The molecule has 1 heterocycles. The fourth-order valence-electron chi connectivity index (χ4n) is 2.93. The summed E-state index contributed by atoms with van der Waals surface area (Å²) in [6.45, 7) is 3.46. The summed E-state index contributed by atoms with van der Waals surface area (Å²) in [6.07, 6.45) is 1.73. The van der Waals surface area contributed by atoms with Gasteiger partial charge >= 0.3 is 0 Å². The standard InChI is InChI=1S/C24H28N4O3/c1-4-30-22-15-20(12-13-21(22)29-3)28-24(25-2)27-16-19-11-8-14-26-23(19)31-17-18-9-6-5-7-10-18/h5-15H,4,16-17H2,1-3H3,(H2,25,27,28). The van der Waals surface area contributed by atoms with E-state index in [-0.39, 0.29) is 0 Å². The molecule has 0 saturated heterocycles. The molecule has 2 aromatic carbocycles. The highest BCUT2D eigenvalue weighted by atomic mass is 16.5. The molecule has 3 aromatic rings. The maximum Gasteiger partial charge on any atom is 0.218 e. The second-order valence-corrected chi connectivity index (χ2v) is 6.59. The molecule has 0 fully saturated rings. The van der Waals surface area contributed by atoms with E-state index in [0.29, 0.717) is 43.1 Å². The lowest BCUT2D eigenvalue weighted by molar-refractivity contribution is 0.290. The molecule has 0 saturated carbocycles. The Balaban J connectivity index is 1.63. The van der Waals surface area contributed by atoms with E-state index >= 15 is 0 Å². The molecule has 1 aromatic heterocycles. The van der Waals surface area contributed by atoms with Crippen LogP contribution >= 0.6 is 0 Å². The summed E-state index contributed by atoms with van der Waals surface area (Å²) in [4.78, 5) is 8.68. The predicted octanol–water partition coefficient (Wildman–Crippen LogP) is 4.26. The first-order chi connectivity index (χ1) is 15.2. The molecular weight excluding hydrogens is 392 g/mol. The molecule has 31 heavy (non-hydrogen) atoms. The SMILES string of the molecule is CCOc1cc(NC(=NC)NCc2cccnc2OCc2ccccc2)ccc1OC. The number of pyridine rings is 1. The highest BCUT2D eigenvalue weighted by Crippen LogP contribution is 2.30. The van der Waals surface area contributed by atoms with Crippen LogP contribution in [0.1, 0.15) is 18.1 Å². The second kappa shape index (κ2) is 11.4. The Morgan fingerprint density at radius 2 is 1.84 bits per heavy atom. The van der Waals surface area contributed by atoms with Crippen LogP contribution < -0.4 is 24.8 Å². The van der Waals surface area contributed by atoms with Crippen molar-refractivity contribution >= 4 is 11.6 Å². The minimum atomic E-state index is 0.462. The molecule has 0 aliphatic carbocycles. The maximum atomic E-state index is 5.93. The van der Waals surface area contributed by atoms with Crippen LogP contribution in [0, 0.1) is 0 Å². The number of ether oxygens (including phenoxy) is 3. The van der Waals surface area contributed by atoms with Crippen molar-refractivity contribution in [1.29, 1.82) is 0 Å². The van der Waals surface area contributed by atoms with Crippen molar-refractivity contribution in [1.82, 2.24) is 10.3 Å². The first kappa shape index (κ1) is 22.0. The summed E-state index contributed by atoms with van der Waals surface area (Å²) in [5.74, 6) is 2.57. The molecule has 0 amide bonds. The minimum Gasteiger partial charge on any atom is -0.493 e. The third-order valence-corrected chi connectivity index (χ3v) is 4.46. The van der Waals surface area contributed by atoms with Gasteiger partial charge in [0.25, 0.3) is 0 Å². The molecule has 2 N–H and O–H groups in total. The number of rotatable bonds is 9. The quantitative estimate of drug-likeness (QED) is 0.398. The number of aliphatic imine (C=N–C) groups is 1. The summed E-state index contributed by atoms with van der Waals surface area (Å²) in [5, 5.41) is 6.57. The lowest BCUT2D eigenvalue weighted by Gasteiger charge is -2.15. The molecule has 0 unspecified atom stereocenters. The van der Waals surface area contributed by atoms with Gasteiger partial charge in [0, 0.05) is 37.1 Å². The van der Waals surface area contributed by atoms with E-state index in [1.54, 1.807) is 20.4 Å². The van der Waals surface area contributed by atoms with E-state index in [1.165, 1.54) is 0 Å². The van der Waals surface area contributed by atoms with Crippen molar-refractivity contribution in [3.8, 4) is 17.4 Å². The van der Waals surface area contributed by atoms with Crippen LogP contribution in [0.3, 0.4) is 0 Å². The molecule has 0 spiro atoms. The van der Waals surface area contributed by atoms with Gasteiger partial charge in [0.1, 0.15) is 6.61 Å². The zero-order valence-electron chi connectivity index (χ0n) is 18.1. The van der Waals surface area contributed by atoms with Gasteiger partial charge in [-0.2, -0.15) is 0 Å². The molecule has 0 aliphatic heterocycles. The van der Waals surface area contributed by atoms with Crippen molar-refractivity contribution in [2.24, 2.45) is 4.99 Å². The van der Waals surface area contributed by atoms with Gasteiger partial charge in [-0.15, -0.1) is 0 Å². The van der Waals surface area contributed by atoms with Gasteiger partial charge in [0.2, 0.25) is 5.88 Å². The lowest BCUT2D eigenvalue weighted by atomic mass is 10.2. The maximum absolute atomic E-state index is 5.93. The highest BCUT2D eigenvalue weighted by Gasteiger charge is 2.09. The van der Waals surface area contributed by atoms with Crippen LogP contribution in [0.25, 0.3) is 0 Å². The van der Waals surface area contributed by atoms with E-state index in [2.05, 4.69) is 20.6 Å². The third kappa shape index (κ3) is 6.37. The van der Waals surface area contributed by atoms with E-state index in [1.807, 2.05) is 67.6 Å². The van der Waals surface area contributed by atoms with E-state index in [4.69, 9.17) is 14.2 Å². The van der Waals surface area contributed by atoms with Gasteiger partial charge in [-0.1, -0.05) is 36.4 Å². The first-order valence-corrected chi connectivity index (χ1v) is 10.1. The number of nitrogens with zero attached hydrogens (tertiary/aromatic N) is 2. The van der Waals surface area contributed by atoms with Crippen LogP contribution in [-0.4, -0.2) is 31.7 Å². The fraction of sp³-hybridized carbons (Fsp3) is 0.250. The zero-order valence-corrected chi connectivity index (χ0v) is 18.1. The van der Waals surface area contributed by atoms with Crippen LogP contribution in [0.2, 0.25) is 0 Å². The summed E-state index contributed by atoms with van der Waals surface area (Å²) in [6, 6.07) is 19.5. The van der Waals surface area contributed by atoms with Gasteiger partial charge < -0.3 is 24.8 Å².